The zero-order valence-corrected chi connectivity index (χ0v) is 14.4. The molecule has 0 radical (unpaired) electrons. The lowest BCUT2D eigenvalue weighted by molar-refractivity contribution is -0.126. The zero-order valence-electron chi connectivity index (χ0n) is 14.4. The molecule has 25 heavy (non-hydrogen) atoms. The van der Waals surface area contributed by atoms with Crippen LogP contribution in [-0.4, -0.2) is 47.4 Å². The third-order valence-electron chi connectivity index (χ3n) is 3.35. The summed E-state index contributed by atoms with van der Waals surface area (Å²) in [5, 5.41) is 5.11. The SMILES string of the molecule is CC(C)(C)NC(=O)COC(=O)c1ccccc1CN1C(=O)CNC1=O. The molecule has 0 bridgehead atoms. The Labute approximate surface area is 145 Å². The molecular weight excluding hydrogens is 326 g/mol. The van der Waals surface area contributed by atoms with Crippen molar-refractivity contribution in [2.24, 2.45) is 0 Å². The molecule has 1 heterocycles. The van der Waals surface area contributed by atoms with E-state index in [1.54, 1.807) is 18.2 Å². The van der Waals surface area contributed by atoms with Crippen LogP contribution in [0.3, 0.4) is 0 Å². The van der Waals surface area contributed by atoms with Crippen molar-refractivity contribution in [2.75, 3.05) is 13.2 Å². The van der Waals surface area contributed by atoms with Crippen LogP contribution >= 0.6 is 0 Å². The molecule has 0 unspecified atom stereocenters. The zero-order chi connectivity index (χ0) is 18.6. The van der Waals surface area contributed by atoms with Crippen LogP contribution in [0, 0.1) is 0 Å². The summed E-state index contributed by atoms with van der Waals surface area (Å²) in [7, 11) is 0. The van der Waals surface area contributed by atoms with E-state index in [9.17, 15) is 19.2 Å². The first-order chi connectivity index (χ1) is 11.7. The lowest BCUT2D eigenvalue weighted by Gasteiger charge is -2.20. The average Bonchev–Trinajstić information content (AvgIpc) is 2.83. The van der Waals surface area contributed by atoms with Gasteiger partial charge in [0.05, 0.1) is 18.7 Å². The molecule has 1 aromatic carbocycles. The van der Waals surface area contributed by atoms with Crippen LogP contribution in [0.25, 0.3) is 0 Å². The smallest absolute Gasteiger partial charge is 0.338 e. The van der Waals surface area contributed by atoms with Gasteiger partial charge < -0.3 is 15.4 Å². The van der Waals surface area contributed by atoms with Crippen molar-refractivity contribution in [3.8, 4) is 0 Å². The van der Waals surface area contributed by atoms with Crippen LogP contribution in [0.4, 0.5) is 4.79 Å². The molecule has 1 aliphatic rings. The summed E-state index contributed by atoms with van der Waals surface area (Å²) < 4.78 is 5.04. The Hall–Kier alpha value is -2.90. The summed E-state index contributed by atoms with van der Waals surface area (Å²) in [6, 6.07) is 5.98. The second-order valence-electron chi connectivity index (χ2n) is 6.67. The highest BCUT2D eigenvalue weighted by Crippen LogP contribution is 2.15. The maximum absolute atomic E-state index is 12.3. The van der Waals surface area contributed by atoms with E-state index in [4.69, 9.17) is 4.74 Å². The summed E-state index contributed by atoms with van der Waals surface area (Å²) in [6.45, 7) is 4.95. The van der Waals surface area contributed by atoms with Gasteiger partial charge in [0.1, 0.15) is 0 Å². The minimum atomic E-state index is -0.688. The molecule has 4 amide bonds. The molecule has 2 rings (SSSR count). The number of imide groups is 1. The standard InChI is InChI=1S/C17H21N3O5/c1-17(2,3)19-13(21)10-25-15(23)12-7-5-4-6-11(12)9-20-14(22)8-18-16(20)24/h4-7H,8-10H2,1-3H3,(H,18,24)(H,19,21). The number of ether oxygens (including phenoxy) is 1. The summed E-state index contributed by atoms with van der Waals surface area (Å²) in [6.07, 6.45) is 0. The third kappa shape index (κ3) is 5.03. The van der Waals surface area contributed by atoms with Crippen LogP contribution in [0.5, 0.6) is 0 Å². The highest BCUT2D eigenvalue weighted by atomic mass is 16.5. The molecule has 1 saturated heterocycles. The fourth-order valence-electron chi connectivity index (χ4n) is 2.31. The first-order valence-corrected chi connectivity index (χ1v) is 7.81. The second-order valence-corrected chi connectivity index (χ2v) is 6.67. The van der Waals surface area contributed by atoms with Crippen LogP contribution < -0.4 is 10.6 Å². The molecule has 1 aromatic rings. The van der Waals surface area contributed by atoms with Gasteiger partial charge in [0.2, 0.25) is 5.91 Å². The Morgan fingerprint density at radius 2 is 1.92 bits per heavy atom. The van der Waals surface area contributed by atoms with Gasteiger partial charge in [-0.1, -0.05) is 18.2 Å². The highest BCUT2D eigenvalue weighted by molar-refractivity contribution is 6.02. The predicted molar refractivity (Wildman–Crippen MR) is 88.6 cm³/mol. The number of urea groups is 1. The quantitative estimate of drug-likeness (QED) is 0.606. The second kappa shape index (κ2) is 7.33. The van der Waals surface area contributed by atoms with Crippen molar-refractivity contribution < 1.29 is 23.9 Å². The topological polar surface area (TPSA) is 105 Å². The molecule has 8 heteroatoms. The van der Waals surface area contributed by atoms with E-state index < -0.39 is 30.1 Å². The molecule has 2 N–H and O–H groups in total. The predicted octanol–water partition coefficient (Wildman–Crippen LogP) is 0.810. The molecule has 1 fully saturated rings. The Morgan fingerprint density at radius 1 is 1.24 bits per heavy atom. The van der Waals surface area contributed by atoms with E-state index >= 15 is 0 Å². The van der Waals surface area contributed by atoms with E-state index in [0.717, 1.165) is 4.90 Å². The van der Waals surface area contributed by atoms with Gasteiger partial charge in [0.15, 0.2) is 6.61 Å². The highest BCUT2D eigenvalue weighted by Gasteiger charge is 2.29. The average molecular weight is 347 g/mol. The Bertz CT molecular complexity index is 692. The number of nitrogens with zero attached hydrogens (tertiary/aromatic N) is 1. The third-order valence-corrected chi connectivity index (χ3v) is 3.35. The Kier molecular flexibility index (Phi) is 5.41. The molecule has 0 saturated carbocycles. The van der Waals surface area contributed by atoms with Crippen LogP contribution in [0.1, 0.15) is 36.7 Å². The first-order valence-electron chi connectivity index (χ1n) is 7.81. The van der Waals surface area contributed by atoms with Crippen molar-refractivity contribution in [1.29, 1.82) is 0 Å². The van der Waals surface area contributed by atoms with Crippen LogP contribution in [-0.2, 0) is 20.9 Å². The number of esters is 1. The van der Waals surface area contributed by atoms with Gasteiger partial charge in [-0.3, -0.25) is 14.5 Å². The molecule has 0 aliphatic carbocycles. The monoisotopic (exact) mass is 347 g/mol. The van der Waals surface area contributed by atoms with Crippen molar-refractivity contribution in [2.45, 2.75) is 32.9 Å². The van der Waals surface area contributed by atoms with Crippen molar-refractivity contribution in [3.05, 3.63) is 35.4 Å². The van der Waals surface area contributed by atoms with Gasteiger partial charge in [0, 0.05) is 5.54 Å². The van der Waals surface area contributed by atoms with E-state index in [2.05, 4.69) is 10.6 Å². The summed E-state index contributed by atoms with van der Waals surface area (Å²) >= 11 is 0. The number of nitrogens with one attached hydrogen (secondary N) is 2. The minimum Gasteiger partial charge on any atom is -0.452 e. The van der Waals surface area contributed by atoms with Crippen LogP contribution in [0.2, 0.25) is 0 Å². The van der Waals surface area contributed by atoms with Gasteiger partial charge in [0.25, 0.3) is 5.91 Å². The number of carbonyl (C=O) groups excluding carboxylic acids is 4. The van der Waals surface area contributed by atoms with E-state index in [1.807, 2.05) is 20.8 Å². The van der Waals surface area contributed by atoms with E-state index in [0.29, 0.717) is 5.56 Å². The lowest BCUT2D eigenvalue weighted by atomic mass is 10.1. The number of carbonyl (C=O) groups is 4. The Balaban J connectivity index is 2.04. The molecule has 0 spiro atoms. The summed E-state index contributed by atoms with van der Waals surface area (Å²) in [5.74, 6) is -1.46. The van der Waals surface area contributed by atoms with Gasteiger partial charge in [-0.25, -0.2) is 9.59 Å². The van der Waals surface area contributed by atoms with Gasteiger partial charge in [-0.05, 0) is 32.4 Å². The maximum Gasteiger partial charge on any atom is 0.338 e. The van der Waals surface area contributed by atoms with Crippen molar-refractivity contribution in [3.63, 3.8) is 0 Å². The number of benzene rings is 1. The van der Waals surface area contributed by atoms with E-state index in [-0.39, 0.29) is 24.6 Å². The largest absolute Gasteiger partial charge is 0.452 e. The lowest BCUT2D eigenvalue weighted by Crippen LogP contribution is -2.42. The fourth-order valence-corrected chi connectivity index (χ4v) is 2.31. The van der Waals surface area contributed by atoms with Crippen molar-refractivity contribution in [1.82, 2.24) is 15.5 Å². The maximum atomic E-state index is 12.3. The fraction of sp³-hybridized carbons (Fsp3) is 0.412. The molecular formula is C17H21N3O5. The Morgan fingerprint density at radius 3 is 2.52 bits per heavy atom. The summed E-state index contributed by atoms with van der Waals surface area (Å²) in [5.41, 5.74) is 0.248. The van der Waals surface area contributed by atoms with Crippen LogP contribution in [0.15, 0.2) is 24.3 Å². The molecule has 1 aliphatic heterocycles. The van der Waals surface area contributed by atoms with E-state index in [1.165, 1.54) is 6.07 Å². The normalized spacial score (nSPS) is 14.3. The van der Waals surface area contributed by atoms with Gasteiger partial charge in [-0.2, -0.15) is 0 Å². The molecule has 0 aromatic heterocycles. The first kappa shape index (κ1) is 18.4. The molecule has 134 valence electrons. The van der Waals surface area contributed by atoms with Gasteiger partial charge in [-0.15, -0.1) is 0 Å². The molecule has 8 nitrogen and oxygen atoms in total. The number of rotatable bonds is 5. The van der Waals surface area contributed by atoms with Gasteiger partial charge >= 0.3 is 12.0 Å². The summed E-state index contributed by atoms with van der Waals surface area (Å²) in [4.78, 5) is 48.4. The number of hydrogen-bond acceptors (Lipinski definition) is 5. The number of hydrogen-bond donors (Lipinski definition) is 2. The molecule has 0 atom stereocenters. The minimum absolute atomic E-state index is 0.0376. The van der Waals surface area contributed by atoms with Crippen molar-refractivity contribution >= 4 is 23.8 Å². The number of amides is 4.